The zero-order valence-corrected chi connectivity index (χ0v) is 10.8. The van der Waals surface area contributed by atoms with E-state index in [9.17, 15) is 24.6 Å². The fourth-order valence-electron chi connectivity index (χ4n) is 2.43. The summed E-state index contributed by atoms with van der Waals surface area (Å²) < 4.78 is 0. The molecule has 108 valence electrons. The predicted molar refractivity (Wildman–Crippen MR) is 69.7 cm³/mol. The van der Waals surface area contributed by atoms with Crippen molar-refractivity contribution in [2.75, 3.05) is 6.54 Å². The summed E-state index contributed by atoms with van der Waals surface area (Å²) in [5.74, 6) is -2.00. The molecule has 0 aromatic carbocycles. The van der Waals surface area contributed by atoms with Gasteiger partial charge < -0.3 is 15.1 Å². The van der Waals surface area contributed by atoms with Gasteiger partial charge in [0, 0.05) is 18.7 Å². The first-order valence-corrected chi connectivity index (χ1v) is 6.46. The van der Waals surface area contributed by atoms with Gasteiger partial charge in [-0.05, 0) is 12.8 Å². The minimum Gasteiger partial charge on any atom is -0.494 e. The van der Waals surface area contributed by atoms with Crippen molar-refractivity contribution < 1.29 is 19.8 Å². The predicted octanol–water partition coefficient (Wildman–Crippen LogP) is 0.550. The van der Waals surface area contributed by atoms with Crippen LogP contribution in [-0.4, -0.2) is 44.6 Å². The molecule has 1 atom stereocenters. The second kappa shape index (κ2) is 5.77. The molecule has 3 N–H and O–H groups in total. The zero-order valence-electron chi connectivity index (χ0n) is 10.8. The molecule has 1 unspecified atom stereocenters. The van der Waals surface area contributed by atoms with Crippen molar-refractivity contribution >= 4 is 11.9 Å². The van der Waals surface area contributed by atoms with Gasteiger partial charge in [-0.25, -0.2) is 4.79 Å². The van der Waals surface area contributed by atoms with E-state index in [-0.39, 0.29) is 5.56 Å². The van der Waals surface area contributed by atoms with Gasteiger partial charge in [-0.3, -0.25) is 14.6 Å². The van der Waals surface area contributed by atoms with Crippen LogP contribution in [0.2, 0.25) is 0 Å². The number of carbonyl (C=O) groups excluding carboxylic acids is 1. The van der Waals surface area contributed by atoms with Crippen LogP contribution in [0.5, 0.6) is 5.88 Å². The number of aromatic hydroxyl groups is 1. The number of hydrogen-bond acceptors (Lipinski definition) is 4. The molecule has 0 aliphatic carbocycles. The van der Waals surface area contributed by atoms with E-state index in [4.69, 9.17) is 0 Å². The fourth-order valence-corrected chi connectivity index (χ4v) is 2.43. The summed E-state index contributed by atoms with van der Waals surface area (Å²) in [7, 11) is 0. The molecule has 7 heteroatoms. The lowest BCUT2D eigenvalue weighted by Gasteiger charge is -2.26. The summed E-state index contributed by atoms with van der Waals surface area (Å²) in [6.45, 7) is 0.337. The molecular formula is C13H16N2O5. The van der Waals surface area contributed by atoms with Crippen molar-refractivity contribution in [3.63, 3.8) is 0 Å². The zero-order chi connectivity index (χ0) is 14.7. The molecule has 20 heavy (non-hydrogen) atoms. The van der Waals surface area contributed by atoms with Gasteiger partial charge in [0.1, 0.15) is 6.04 Å². The van der Waals surface area contributed by atoms with Crippen LogP contribution in [0, 0.1) is 0 Å². The Hall–Kier alpha value is -2.31. The largest absolute Gasteiger partial charge is 0.494 e. The summed E-state index contributed by atoms with van der Waals surface area (Å²) in [4.78, 5) is 38.3. The highest BCUT2D eigenvalue weighted by Gasteiger charge is 2.31. The van der Waals surface area contributed by atoms with Gasteiger partial charge in [0.05, 0.1) is 5.56 Å². The van der Waals surface area contributed by atoms with E-state index in [0.29, 0.717) is 13.0 Å². The van der Waals surface area contributed by atoms with E-state index in [1.807, 2.05) is 0 Å². The topological polar surface area (TPSA) is 111 Å². The number of nitrogens with zero attached hydrogens (tertiary/aromatic N) is 1. The Labute approximate surface area is 114 Å². The van der Waals surface area contributed by atoms with Gasteiger partial charge in [0.25, 0.3) is 11.5 Å². The molecular weight excluding hydrogens is 264 g/mol. The Balaban J connectivity index is 2.33. The molecule has 2 rings (SSSR count). The molecule has 1 amide bonds. The molecule has 1 aromatic rings. The Bertz CT molecular complexity index is 580. The number of pyridine rings is 1. The van der Waals surface area contributed by atoms with E-state index in [1.165, 1.54) is 4.90 Å². The number of carboxylic acids is 1. The number of nitrogens with one attached hydrogen (secondary N) is 1. The van der Waals surface area contributed by atoms with Gasteiger partial charge in [-0.1, -0.05) is 12.8 Å². The van der Waals surface area contributed by atoms with Crippen molar-refractivity contribution in [3.8, 4) is 5.88 Å². The monoisotopic (exact) mass is 280 g/mol. The van der Waals surface area contributed by atoms with Crippen molar-refractivity contribution in [2.45, 2.75) is 31.7 Å². The number of hydrogen-bond donors (Lipinski definition) is 3. The quantitative estimate of drug-likeness (QED) is 0.732. The molecule has 0 bridgehead atoms. The molecule has 1 aromatic heterocycles. The minimum absolute atomic E-state index is 0.000556. The number of carboxylic acid groups (broad SMARTS) is 1. The number of H-pyrrole nitrogens is 1. The number of aromatic nitrogens is 1. The van der Waals surface area contributed by atoms with Crippen LogP contribution in [0.25, 0.3) is 0 Å². The summed E-state index contributed by atoms with van der Waals surface area (Å²) in [5, 5.41) is 18.6. The van der Waals surface area contributed by atoms with E-state index in [0.717, 1.165) is 31.4 Å². The van der Waals surface area contributed by atoms with Crippen molar-refractivity contribution in [1.82, 2.24) is 9.88 Å². The first-order valence-electron chi connectivity index (χ1n) is 6.46. The van der Waals surface area contributed by atoms with Crippen LogP contribution < -0.4 is 5.56 Å². The van der Waals surface area contributed by atoms with Crippen molar-refractivity contribution in [3.05, 3.63) is 28.0 Å². The lowest BCUT2D eigenvalue weighted by Crippen LogP contribution is -2.44. The molecule has 0 radical (unpaired) electrons. The van der Waals surface area contributed by atoms with Crippen LogP contribution >= 0.6 is 0 Å². The van der Waals surface area contributed by atoms with Crippen LogP contribution in [0.1, 0.15) is 36.0 Å². The maximum absolute atomic E-state index is 12.4. The molecule has 2 heterocycles. The standard InChI is InChI=1S/C13H16N2O5/c16-10-6-8(7-11(17)14-10)12(18)15-5-3-1-2-4-9(15)13(19)20/h6-7,9H,1-5H2,(H,19,20)(H2,14,16,17). The lowest BCUT2D eigenvalue weighted by molar-refractivity contribution is -0.142. The molecule has 1 fully saturated rings. The highest BCUT2D eigenvalue weighted by molar-refractivity contribution is 5.96. The Morgan fingerprint density at radius 3 is 2.65 bits per heavy atom. The molecule has 0 spiro atoms. The van der Waals surface area contributed by atoms with Crippen LogP contribution in [0.15, 0.2) is 16.9 Å². The van der Waals surface area contributed by atoms with Crippen molar-refractivity contribution in [2.24, 2.45) is 0 Å². The molecule has 1 aliphatic rings. The van der Waals surface area contributed by atoms with Gasteiger partial charge in [0.15, 0.2) is 5.88 Å². The van der Waals surface area contributed by atoms with Crippen LogP contribution in [0.4, 0.5) is 0 Å². The SMILES string of the molecule is O=C(O)C1CCCCCN1C(=O)c1cc(O)[nH]c(=O)c1. The number of rotatable bonds is 2. The minimum atomic E-state index is -1.05. The number of amides is 1. The van der Waals surface area contributed by atoms with Crippen LogP contribution in [0.3, 0.4) is 0 Å². The summed E-state index contributed by atoms with van der Waals surface area (Å²) in [6, 6.07) is 1.31. The van der Waals surface area contributed by atoms with Gasteiger partial charge in [-0.15, -0.1) is 0 Å². The Morgan fingerprint density at radius 1 is 1.25 bits per heavy atom. The third-order valence-corrected chi connectivity index (χ3v) is 3.38. The van der Waals surface area contributed by atoms with Crippen LogP contribution in [-0.2, 0) is 4.79 Å². The first kappa shape index (κ1) is 14.1. The van der Waals surface area contributed by atoms with E-state index >= 15 is 0 Å². The smallest absolute Gasteiger partial charge is 0.326 e. The number of aliphatic carboxylic acids is 1. The van der Waals surface area contributed by atoms with Crippen molar-refractivity contribution in [1.29, 1.82) is 0 Å². The highest BCUT2D eigenvalue weighted by atomic mass is 16.4. The molecule has 1 aliphatic heterocycles. The first-order chi connectivity index (χ1) is 9.49. The summed E-state index contributed by atoms with van der Waals surface area (Å²) in [5.41, 5.74) is -0.602. The number of likely N-dealkylation sites (tertiary alicyclic amines) is 1. The maximum Gasteiger partial charge on any atom is 0.326 e. The Morgan fingerprint density at radius 2 is 2.00 bits per heavy atom. The van der Waals surface area contributed by atoms with E-state index in [1.54, 1.807) is 0 Å². The molecule has 7 nitrogen and oxygen atoms in total. The van der Waals surface area contributed by atoms with E-state index < -0.39 is 29.4 Å². The van der Waals surface area contributed by atoms with Gasteiger partial charge >= 0.3 is 5.97 Å². The summed E-state index contributed by atoms with van der Waals surface area (Å²) >= 11 is 0. The third kappa shape index (κ3) is 2.98. The maximum atomic E-state index is 12.4. The average Bonchev–Trinajstić information content (AvgIpc) is 2.62. The second-order valence-corrected chi connectivity index (χ2v) is 4.82. The third-order valence-electron chi connectivity index (χ3n) is 3.38. The summed E-state index contributed by atoms with van der Waals surface area (Å²) in [6.07, 6.45) is 2.75. The van der Waals surface area contributed by atoms with Gasteiger partial charge in [-0.2, -0.15) is 0 Å². The van der Waals surface area contributed by atoms with E-state index in [2.05, 4.69) is 4.98 Å². The molecule has 1 saturated heterocycles. The van der Waals surface area contributed by atoms with Gasteiger partial charge in [0.2, 0.25) is 0 Å². The fraction of sp³-hybridized carbons (Fsp3) is 0.462. The Kier molecular flexibility index (Phi) is 4.07. The average molecular weight is 280 g/mol. The lowest BCUT2D eigenvalue weighted by atomic mass is 10.1. The number of aromatic amines is 1. The molecule has 0 saturated carbocycles. The highest BCUT2D eigenvalue weighted by Crippen LogP contribution is 2.20. The second-order valence-electron chi connectivity index (χ2n) is 4.82. The number of carbonyl (C=O) groups is 2. The normalized spacial score (nSPS) is 19.4.